The van der Waals surface area contributed by atoms with Gasteiger partial charge in [-0.15, -0.1) is 11.3 Å². The van der Waals surface area contributed by atoms with E-state index in [4.69, 9.17) is 4.74 Å². The van der Waals surface area contributed by atoms with Crippen molar-refractivity contribution in [3.8, 4) is 0 Å². The fraction of sp³-hybridized carbons (Fsp3) is 0.583. The van der Waals surface area contributed by atoms with Crippen molar-refractivity contribution in [3.63, 3.8) is 0 Å². The SMILES string of the molecule is Cc1nc(NC(=O)NC2(C(=O)O)CCOCC2)sc1C. The van der Waals surface area contributed by atoms with Gasteiger partial charge in [0.2, 0.25) is 0 Å². The molecule has 2 heterocycles. The number of carboxylic acid groups (broad SMARTS) is 1. The lowest BCUT2D eigenvalue weighted by Crippen LogP contribution is -2.58. The van der Waals surface area contributed by atoms with Crippen LogP contribution in [0.5, 0.6) is 0 Å². The number of aryl methyl sites for hydroxylation is 2. The highest BCUT2D eigenvalue weighted by atomic mass is 32.1. The Hall–Kier alpha value is -1.67. The van der Waals surface area contributed by atoms with Gasteiger partial charge in [-0.3, -0.25) is 5.32 Å². The van der Waals surface area contributed by atoms with Crippen molar-refractivity contribution in [2.75, 3.05) is 18.5 Å². The van der Waals surface area contributed by atoms with E-state index in [1.54, 1.807) is 0 Å². The molecule has 1 saturated heterocycles. The number of anilines is 1. The van der Waals surface area contributed by atoms with Crippen LogP contribution in [0, 0.1) is 13.8 Å². The summed E-state index contributed by atoms with van der Waals surface area (Å²) in [7, 11) is 0. The summed E-state index contributed by atoms with van der Waals surface area (Å²) in [5.74, 6) is -1.04. The van der Waals surface area contributed by atoms with Gasteiger partial charge in [0.25, 0.3) is 0 Å². The number of aromatic nitrogens is 1. The fourth-order valence-electron chi connectivity index (χ4n) is 1.98. The molecule has 1 aliphatic rings. The van der Waals surface area contributed by atoms with Crippen molar-refractivity contribution in [2.24, 2.45) is 0 Å². The van der Waals surface area contributed by atoms with Gasteiger partial charge in [0.1, 0.15) is 5.54 Å². The molecular weight excluding hydrogens is 282 g/mol. The smallest absolute Gasteiger partial charge is 0.329 e. The molecule has 8 heteroatoms. The Bertz CT molecular complexity index is 503. The third-order valence-electron chi connectivity index (χ3n) is 3.36. The van der Waals surface area contributed by atoms with Crippen molar-refractivity contribution >= 4 is 28.5 Å². The molecule has 0 saturated carbocycles. The average Bonchev–Trinajstić information content (AvgIpc) is 2.68. The molecule has 20 heavy (non-hydrogen) atoms. The standard InChI is InChI=1S/C12H17N3O4S/c1-7-8(2)20-11(13-7)14-10(18)15-12(9(16)17)3-5-19-6-4-12/h3-6H2,1-2H3,(H,16,17)(H2,13,14,15,18). The molecule has 2 rings (SSSR count). The number of thiazole rings is 1. The van der Waals surface area contributed by atoms with Crippen LogP contribution < -0.4 is 10.6 Å². The van der Waals surface area contributed by atoms with E-state index in [0.29, 0.717) is 18.3 Å². The van der Waals surface area contributed by atoms with E-state index in [0.717, 1.165) is 10.6 Å². The first-order chi connectivity index (χ1) is 9.43. The maximum Gasteiger partial charge on any atom is 0.329 e. The van der Waals surface area contributed by atoms with E-state index in [9.17, 15) is 14.7 Å². The second-order valence-electron chi connectivity index (χ2n) is 4.74. The Morgan fingerprint density at radius 3 is 2.50 bits per heavy atom. The summed E-state index contributed by atoms with van der Waals surface area (Å²) in [4.78, 5) is 28.6. The minimum Gasteiger partial charge on any atom is -0.480 e. The van der Waals surface area contributed by atoms with Gasteiger partial charge in [-0.25, -0.2) is 14.6 Å². The normalized spacial score (nSPS) is 17.5. The van der Waals surface area contributed by atoms with Crippen LogP contribution in [-0.2, 0) is 9.53 Å². The van der Waals surface area contributed by atoms with Gasteiger partial charge < -0.3 is 15.2 Å². The van der Waals surface area contributed by atoms with Gasteiger partial charge in [0.15, 0.2) is 5.13 Å². The van der Waals surface area contributed by atoms with Crippen LogP contribution in [0.3, 0.4) is 0 Å². The number of hydrogen-bond acceptors (Lipinski definition) is 5. The van der Waals surface area contributed by atoms with Crippen LogP contribution >= 0.6 is 11.3 Å². The molecule has 0 aliphatic carbocycles. The maximum absolute atomic E-state index is 12.0. The third kappa shape index (κ3) is 3.07. The van der Waals surface area contributed by atoms with E-state index in [1.165, 1.54) is 11.3 Å². The van der Waals surface area contributed by atoms with E-state index in [-0.39, 0.29) is 12.8 Å². The van der Waals surface area contributed by atoms with Gasteiger partial charge in [-0.05, 0) is 13.8 Å². The Labute approximate surface area is 120 Å². The molecule has 0 aromatic carbocycles. The van der Waals surface area contributed by atoms with Crippen molar-refractivity contribution in [2.45, 2.75) is 32.2 Å². The topological polar surface area (TPSA) is 101 Å². The van der Waals surface area contributed by atoms with Crippen molar-refractivity contribution in [1.29, 1.82) is 0 Å². The van der Waals surface area contributed by atoms with Crippen LogP contribution in [0.1, 0.15) is 23.4 Å². The van der Waals surface area contributed by atoms with Gasteiger partial charge in [-0.2, -0.15) is 0 Å². The van der Waals surface area contributed by atoms with Crippen LogP contribution in [-0.4, -0.2) is 40.8 Å². The molecule has 1 aromatic rings. The molecule has 0 unspecified atom stereocenters. The highest BCUT2D eigenvalue weighted by Gasteiger charge is 2.41. The number of aliphatic carboxylic acids is 1. The molecule has 2 amide bonds. The predicted molar refractivity (Wildman–Crippen MR) is 74.2 cm³/mol. The molecular formula is C12H17N3O4S. The molecule has 3 N–H and O–H groups in total. The van der Waals surface area contributed by atoms with Gasteiger partial charge in [0.05, 0.1) is 5.69 Å². The predicted octanol–water partition coefficient (Wildman–Crippen LogP) is 1.52. The molecule has 110 valence electrons. The van der Waals surface area contributed by atoms with Gasteiger partial charge in [0, 0.05) is 30.9 Å². The number of nitrogens with zero attached hydrogens (tertiary/aromatic N) is 1. The fourth-order valence-corrected chi connectivity index (χ4v) is 2.79. The Morgan fingerprint density at radius 2 is 2.00 bits per heavy atom. The number of urea groups is 1. The average molecular weight is 299 g/mol. The summed E-state index contributed by atoms with van der Waals surface area (Å²) in [6, 6.07) is -0.553. The van der Waals surface area contributed by atoms with E-state index < -0.39 is 17.5 Å². The molecule has 0 spiro atoms. The Kier molecular flexibility index (Phi) is 4.24. The zero-order valence-corrected chi connectivity index (χ0v) is 12.2. The summed E-state index contributed by atoms with van der Waals surface area (Å²) in [6.45, 7) is 4.41. The van der Waals surface area contributed by atoms with E-state index in [1.807, 2.05) is 13.8 Å². The number of carboxylic acids is 1. The molecule has 1 fully saturated rings. The summed E-state index contributed by atoms with van der Waals surface area (Å²) < 4.78 is 5.15. The van der Waals surface area contributed by atoms with Gasteiger partial charge in [-0.1, -0.05) is 0 Å². The van der Waals surface area contributed by atoms with Crippen molar-refractivity contribution in [3.05, 3.63) is 10.6 Å². The lowest BCUT2D eigenvalue weighted by Gasteiger charge is -2.33. The number of rotatable bonds is 3. The van der Waals surface area contributed by atoms with Crippen LogP contribution in [0.2, 0.25) is 0 Å². The molecule has 1 aromatic heterocycles. The number of nitrogens with one attached hydrogen (secondary N) is 2. The highest BCUT2D eigenvalue weighted by molar-refractivity contribution is 7.15. The van der Waals surface area contributed by atoms with Crippen LogP contribution in [0.25, 0.3) is 0 Å². The number of amides is 2. The molecule has 0 radical (unpaired) electrons. The lowest BCUT2D eigenvalue weighted by atomic mass is 9.90. The first-order valence-electron chi connectivity index (χ1n) is 6.27. The zero-order chi connectivity index (χ0) is 14.8. The number of ether oxygens (including phenoxy) is 1. The number of carbonyl (C=O) groups is 2. The largest absolute Gasteiger partial charge is 0.480 e. The molecule has 0 bridgehead atoms. The van der Waals surface area contributed by atoms with E-state index in [2.05, 4.69) is 15.6 Å². The molecule has 0 atom stereocenters. The monoisotopic (exact) mass is 299 g/mol. The Morgan fingerprint density at radius 1 is 1.35 bits per heavy atom. The van der Waals surface area contributed by atoms with Crippen LogP contribution in [0.15, 0.2) is 0 Å². The van der Waals surface area contributed by atoms with Gasteiger partial charge >= 0.3 is 12.0 Å². The van der Waals surface area contributed by atoms with Crippen LogP contribution in [0.4, 0.5) is 9.93 Å². The highest BCUT2D eigenvalue weighted by Crippen LogP contribution is 2.23. The second-order valence-corrected chi connectivity index (χ2v) is 5.94. The molecule has 1 aliphatic heterocycles. The summed E-state index contributed by atoms with van der Waals surface area (Å²) >= 11 is 1.36. The van der Waals surface area contributed by atoms with Crippen molar-refractivity contribution < 1.29 is 19.4 Å². The number of carbonyl (C=O) groups excluding carboxylic acids is 1. The zero-order valence-electron chi connectivity index (χ0n) is 11.4. The first kappa shape index (κ1) is 14.7. The molecule has 7 nitrogen and oxygen atoms in total. The summed E-state index contributed by atoms with van der Waals surface area (Å²) in [6.07, 6.45) is 0.511. The third-order valence-corrected chi connectivity index (χ3v) is 4.35. The second kappa shape index (κ2) is 5.76. The maximum atomic E-state index is 12.0. The quantitative estimate of drug-likeness (QED) is 0.785. The minimum atomic E-state index is -1.26. The summed E-state index contributed by atoms with van der Waals surface area (Å²) in [5, 5.41) is 14.9. The summed E-state index contributed by atoms with van der Waals surface area (Å²) in [5.41, 5.74) is -0.409. The first-order valence-corrected chi connectivity index (χ1v) is 7.09. The van der Waals surface area contributed by atoms with Crippen molar-refractivity contribution in [1.82, 2.24) is 10.3 Å². The minimum absolute atomic E-state index is 0.256. The lowest BCUT2D eigenvalue weighted by molar-refractivity contribution is -0.148. The van der Waals surface area contributed by atoms with E-state index >= 15 is 0 Å². The number of hydrogen-bond donors (Lipinski definition) is 3. The Balaban J connectivity index is 2.03.